The lowest BCUT2D eigenvalue weighted by atomic mass is 10.2. The van der Waals surface area contributed by atoms with Gasteiger partial charge in [-0.25, -0.2) is 10.3 Å². The summed E-state index contributed by atoms with van der Waals surface area (Å²) >= 11 is 5.86. The fraction of sp³-hybridized carbons (Fsp3) is 0.0909. The highest BCUT2D eigenvalue weighted by atomic mass is 35.5. The van der Waals surface area contributed by atoms with E-state index in [1.54, 1.807) is 24.3 Å². The number of hydroxylamine groups is 1. The molecule has 0 fully saturated rings. The second-order valence-electron chi connectivity index (χ2n) is 3.00. The summed E-state index contributed by atoms with van der Waals surface area (Å²) < 4.78 is 0. The Balaban J connectivity index is 2.46. The number of carbonyl (C=O) groups is 2. The largest absolute Gasteiger partial charge is 0.479 e. The van der Waals surface area contributed by atoms with E-state index in [4.69, 9.17) is 16.7 Å². The van der Waals surface area contributed by atoms with Gasteiger partial charge in [0.1, 0.15) is 0 Å². The highest BCUT2D eigenvalue weighted by Gasteiger charge is 2.00. The summed E-state index contributed by atoms with van der Waals surface area (Å²) in [7, 11) is 0. The third-order valence-electron chi connectivity index (χ3n) is 1.69. The summed E-state index contributed by atoms with van der Waals surface area (Å²) in [6, 6.07) is 6.99. The van der Waals surface area contributed by atoms with E-state index in [9.17, 15) is 9.59 Å². The second kappa shape index (κ2) is 6.67. The molecule has 1 aromatic rings. The van der Waals surface area contributed by atoms with E-state index in [0.717, 1.165) is 0 Å². The van der Waals surface area contributed by atoms with Crippen LogP contribution in [0.15, 0.2) is 30.3 Å². The van der Waals surface area contributed by atoms with Crippen molar-refractivity contribution in [3.05, 3.63) is 40.9 Å². The number of amides is 1. The van der Waals surface area contributed by atoms with Crippen molar-refractivity contribution < 1.29 is 19.5 Å². The number of aliphatic carboxylic acids is 1. The molecule has 0 aliphatic rings. The van der Waals surface area contributed by atoms with Gasteiger partial charge in [-0.2, -0.15) is 0 Å². The summed E-state index contributed by atoms with van der Waals surface area (Å²) in [6.07, 6.45) is 2.70. The van der Waals surface area contributed by atoms with Crippen molar-refractivity contribution in [3.8, 4) is 0 Å². The number of halogens is 1. The van der Waals surface area contributed by atoms with Crippen molar-refractivity contribution in [2.24, 2.45) is 0 Å². The smallest absolute Gasteiger partial charge is 0.332 e. The van der Waals surface area contributed by atoms with Crippen LogP contribution in [-0.2, 0) is 14.4 Å². The van der Waals surface area contributed by atoms with Gasteiger partial charge >= 0.3 is 5.97 Å². The standard InChI is InChI=1S/C11H10ClNO4/c12-9-4-2-1-3-8(9)5-6-10(14)13-17-7-11(15)16/h1-6H,7H2,(H,13,14)(H,15,16). The predicted molar refractivity (Wildman–Crippen MR) is 62.2 cm³/mol. The molecule has 90 valence electrons. The van der Waals surface area contributed by atoms with Gasteiger partial charge in [-0.15, -0.1) is 0 Å². The van der Waals surface area contributed by atoms with E-state index in [0.29, 0.717) is 10.6 Å². The average molecular weight is 256 g/mol. The molecule has 0 atom stereocenters. The predicted octanol–water partition coefficient (Wildman–Crippen LogP) is 1.49. The van der Waals surface area contributed by atoms with Gasteiger partial charge in [0.15, 0.2) is 6.61 Å². The van der Waals surface area contributed by atoms with Crippen LogP contribution in [0.3, 0.4) is 0 Å². The zero-order valence-corrected chi connectivity index (χ0v) is 9.48. The van der Waals surface area contributed by atoms with Gasteiger partial charge < -0.3 is 5.11 Å². The van der Waals surface area contributed by atoms with Gasteiger partial charge in [-0.05, 0) is 17.7 Å². The van der Waals surface area contributed by atoms with Gasteiger partial charge in [0.2, 0.25) is 0 Å². The van der Waals surface area contributed by atoms with Crippen molar-refractivity contribution in [2.45, 2.75) is 0 Å². The molecule has 0 heterocycles. The summed E-state index contributed by atoms with van der Waals surface area (Å²) in [6.45, 7) is -0.592. The van der Waals surface area contributed by atoms with E-state index in [-0.39, 0.29) is 0 Å². The van der Waals surface area contributed by atoms with E-state index in [1.165, 1.54) is 12.2 Å². The van der Waals surface area contributed by atoms with E-state index >= 15 is 0 Å². The lowest BCUT2D eigenvalue weighted by molar-refractivity contribution is -0.147. The maximum Gasteiger partial charge on any atom is 0.332 e. The molecule has 17 heavy (non-hydrogen) atoms. The molecule has 5 nitrogen and oxygen atoms in total. The second-order valence-corrected chi connectivity index (χ2v) is 3.41. The Hall–Kier alpha value is -1.85. The summed E-state index contributed by atoms with van der Waals surface area (Å²) in [5, 5.41) is 8.78. The van der Waals surface area contributed by atoms with Crippen LogP contribution in [0.25, 0.3) is 6.08 Å². The lowest BCUT2D eigenvalue weighted by Gasteiger charge is -2.00. The number of nitrogens with one attached hydrogen (secondary N) is 1. The zero-order valence-electron chi connectivity index (χ0n) is 8.72. The zero-order chi connectivity index (χ0) is 12.7. The highest BCUT2D eigenvalue weighted by molar-refractivity contribution is 6.32. The molecule has 1 rings (SSSR count). The van der Waals surface area contributed by atoms with Crippen molar-refractivity contribution in [2.75, 3.05) is 6.61 Å². The van der Waals surface area contributed by atoms with Crippen molar-refractivity contribution >= 4 is 29.6 Å². The molecule has 0 unspecified atom stereocenters. The Kier molecular flexibility index (Phi) is 5.19. The average Bonchev–Trinajstić information content (AvgIpc) is 2.27. The first kappa shape index (κ1) is 13.2. The summed E-state index contributed by atoms with van der Waals surface area (Å²) in [5.41, 5.74) is 2.64. The topological polar surface area (TPSA) is 75.6 Å². The monoisotopic (exact) mass is 255 g/mol. The first-order valence-corrected chi connectivity index (χ1v) is 5.03. The minimum Gasteiger partial charge on any atom is -0.479 e. The molecule has 0 saturated carbocycles. The summed E-state index contributed by atoms with van der Waals surface area (Å²) in [5.74, 6) is -1.73. The summed E-state index contributed by atoms with van der Waals surface area (Å²) in [4.78, 5) is 25.6. The first-order chi connectivity index (χ1) is 8.09. The third kappa shape index (κ3) is 5.14. The first-order valence-electron chi connectivity index (χ1n) is 4.66. The van der Waals surface area contributed by atoms with E-state index in [2.05, 4.69) is 4.84 Å². The van der Waals surface area contributed by atoms with Crippen LogP contribution in [0, 0.1) is 0 Å². The molecular formula is C11H10ClNO4. The molecular weight excluding hydrogens is 246 g/mol. The molecule has 1 aromatic carbocycles. The molecule has 2 N–H and O–H groups in total. The van der Waals surface area contributed by atoms with Crippen LogP contribution in [0.5, 0.6) is 0 Å². The van der Waals surface area contributed by atoms with E-state index in [1.807, 2.05) is 5.48 Å². The molecule has 1 amide bonds. The molecule has 0 radical (unpaired) electrons. The maximum atomic E-state index is 11.2. The molecule has 0 bridgehead atoms. The maximum absolute atomic E-state index is 11.2. The third-order valence-corrected chi connectivity index (χ3v) is 2.03. The number of carboxylic acid groups (broad SMARTS) is 1. The Labute approximate surface area is 103 Å². The van der Waals surface area contributed by atoms with Gasteiger partial charge in [-0.1, -0.05) is 29.8 Å². The van der Waals surface area contributed by atoms with Gasteiger partial charge in [-0.3, -0.25) is 9.63 Å². The Morgan fingerprint density at radius 1 is 1.41 bits per heavy atom. The van der Waals surface area contributed by atoms with Crippen LogP contribution in [0.2, 0.25) is 5.02 Å². The number of carbonyl (C=O) groups excluding carboxylic acids is 1. The number of hydrogen-bond acceptors (Lipinski definition) is 3. The van der Waals surface area contributed by atoms with Crippen LogP contribution in [-0.4, -0.2) is 23.6 Å². The molecule has 0 saturated heterocycles. The van der Waals surface area contributed by atoms with Gasteiger partial charge in [0.25, 0.3) is 5.91 Å². The Bertz CT molecular complexity index is 445. The van der Waals surface area contributed by atoms with Gasteiger partial charge in [0.05, 0.1) is 0 Å². The normalized spacial score (nSPS) is 10.4. The number of carboxylic acids is 1. The fourth-order valence-electron chi connectivity index (χ4n) is 0.979. The Morgan fingerprint density at radius 2 is 2.12 bits per heavy atom. The van der Waals surface area contributed by atoms with Crippen molar-refractivity contribution in [3.63, 3.8) is 0 Å². The minimum atomic E-state index is -1.17. The Morgan fingerprint density at radius 3 is 2.76 bits per heavy atom. The lowest BCUT2D eigenvalue weighted by Crippen LogP contribution is -2.24. The fourth-order valence-corrected chi connectivity index (χ4v) is 1.18. The van der Waals surface area contributed by atoms with Crippen molar-refractivity contribution in [1.29, 1.82) is 0 Å². The van der Waals surface area contributed by atoms with Crippen LogP contribution >= 0.6 is 11.6 Å². The van der Waals surface area contributed by atoms with Gasteiger partial charge in [0, 0.05) is 11.1 Å². The quantitative estimate of drug-likeness (QED) is 0.617. The number of hydrogen-bond donors (Lipinski definition) is 2. The van der Waals surface area contributed by atoms with Crippen LogP contribution in [0.4, 0.5) is 0 Å². The van der Waals surface area contributed by atoms with E-state index < -0.39 is 18.5 Å². The van der Waals surface area contributed by atoms with Crippen LogP contribution < -0.4 is 5.48 Å². The molecule has 0 aliphatic heterocycles. The minimum absolute atomic E-state index is 0.517. The van der Waals surface area contributed by atoms with Crippen molar-refractivity contribution in [1.82, 2.24) is 5.48 Å². The molecule has 0 aromatic heterocycles. The molecule has 6 heteroatoms. The molecule has 0 aliphatic carbocycles. The van der Waals surface area contributed by atoms with Crippen LogP contribution in [0.1, 0.15) is 5.56 Å². The number of benzene rings is 1. The molecule has 0 spiro atoms. The SMILES string of the molecule is O=C(O)CONC(=O)C=Cc1ccccc1Cl. The number of rotatable bonds is 5. The highest BCUT2D eigenvalue weighted by Crippen LogP contribution is 2.15.